The van der Waals surface area contributed by atoms with Crippen molar-refractivity contribution in [2.45, 2.75) is 32.2 Å². The van der Waals surface area contributed by atoms with Gasteiger partial charge in [-0.15, -0.1) is 22.9 Å². The zero-order valence-corrected chi connectivity index (χ0v) is 14.4. The van der Waals surface area contributed by atoms with Crippen LogP contribution in [-0.2, 0) is 20.0 Å². The van der Waals surface area contributed by atoms with Crippen molar-refractivity contribution in [2.75, 3.05) is 0 Å². The number of thiophene rings is 1. The number of halogens is 2. The maximum atomic E-state index is 6.32. The molecular formula is C14H16Cl2N4S. The summed E-state index contributed by atoms with van der Waals surface area (Å²) in [5.41, 5.74) is 2.97. The van der Waals surface area contributed by atoms with Gasteiger partial charge in [0, 0.05) is 11.9 Å². The Morgan fingerprint density at radius 2 is 2.14 bits per heavy atom. The normalized spacial score (nSPS) is 13.2. The van der Waals surface area contributed by atoms with E-state index in [0.29, 0.717) is 6.54 Å². The highest BCUT2D eigenvalue weighted by molar-refractivity contribution is 7.16. The Morgan fingerprint density at radius 1 is 1.38 bits per heavy atom. The molecule has 0 amide bonds. The molecule has 3 heterocycles. The minimum absolute atomic E-state index is 0.155. The molecule has 7 heteroatoms. The summed E-state index contributed by atoms with van der Waals surface area (Å²) in [4.78, 5) is 5.90. The van der Waals surface area contributed by atoms with Crippen molar-refractivity contribution in [1.82, 2.24) is 19.3 Å². The number of rotatable bonds is 4. The van der Waals surface area contributed by atoms with E-state index in [2.05, 4.69) is 16.6 Å². The van der Waals surface area contributed by atoms with Crippen LogP contribution in [0, 0.1) is 0 Å². The minimum Gasteiger partial charge on any atom is -0.306 e. The van der Waals surface area contributed by atoms with Crippen LogP contribution in [0.25, 0.3) is 11.2 Å². The fourth-order valence-corrected chi connectivity index (χ4v) is 3.79. The van der Waals surface area contributed by atoms with E-state index >= 15 is 0 Å². The van der Waals surface area contributed by atoms with E-state index in [1.165, 1.54) is 4.88 Å². The van der Waals surface area contributed by atoms with Gasteiger partial charge in [-0.05, 0) is 25.5 Å². The lowest BCUT2D eigenvalue weighted by atomic mass is 10.3. The molecular weight excluding hydrogens is 327 g/mol. The maximum Gasteiger partial charge on any atom is 0.159 e. The van der Waals surface area contributed by atoms with Crippen LogP contribution in [0.4, 0.5) is 0 Å². The van der Waals surface area contributed by atoms with Gasteiger partial charge in [0.25, 0.3) is 0 Å². The zero-order valence-electron chi connectivity index (χ0n) is 12.1. The van der Waals surface area contributed by atoms with E-state index in [0.717, 1.165) is 33.4 Å². The van der Waals surface area contributed by atoms with Crippen molar-refractivity contribution in [2.24, 2.45) is 7.05 Å². The summed E-state index contributed by atoms with van der Waals surface area (Å²) in [5.74, 6) is 0.874. The van der Waals surface area contributed by atoms with Gasteiger partial charge in [0.2, 0.25) is 0 Å². The quantitative estimate of drug-likeness (QED) is 0.659. The van der Waals surface area contributed by atoms with Gasteiger partial charge in [-0.25, -0.2) is 4.98 Å². The third kappa shape index (κ3) is 2.58. The first-order chi connectivity index (χ1) is 10.0. The molecule has 0 radical (unpaired) electrons. The first-order valence-electron chi connectivity index (χ1n) is 6.81. The second kappa shape index (κ2) is 5.63. The Morgan fingerprint density at radius 3 is 2.71 bits per heavy atom. The number of fused-ring (bicyclic) bond motifs is 1. The second-order valence-electron chi connectivity index (χ2n) is 4.97. The van der Waals surface area contributed by atoms with Gasteiger partial charge >= 0.3 is 0 Å². The molecule has 0 aliphatic rings. The van der Waals surface area contributed by atoms with Crippen molar-refractivity contribution in [3.63, 3.8) is 0 Å². The average molecular weight is 343 g/mol. The second-order valence-corrected chi connectivity index (χ2v) is 7.43. The van der Waals surface area contributed by atoms with Gasteiger partial charge in [-0.3, -0.25) is 4.68 Å². The molecule has 0 saturated carbocycles. The third-order valence-corrected chi connectivity index (χ3v) is 4.87. The first kappa shape index (κ1) is 14.9. The third-order valence-electron chi connectivity index (χ3n) is 3.45. The number of aromatic nitrogens is 4. The largest absolute Gasteiger partial charge is 0.306 e. The molecule has 4 nitrogen and oxygen atoms in total. The van der Waals surface area contributed by atoms with Crippen LogP contribution in [-0.4, -0.2) is 19.3 Å². The fraction of sp³-hybridized carbons (Fsp3) is 0.429. The summed E-state index contributed by atoms with van der Waals surface area (Å²) >= 11 is 13.9. The molecule has 0 spiro atoms. The molecule has 0 aromatic carbocycles. The van der Waals surface area contributed by atoms with Crippen LogP contribution in [0.1, 0.15) is 35.6 Å². The van der Waals surface area contributed by atoms with Crippen molar-refractivity contribution in [3.05, 3.63) is 32.9 Å². The molecule has 0 bridgehead atoms. The molecule has 0 N–H and O–H groups in total. The Kier molecular flexibility index (Phi) is 3.99. The number of nitrogens with zero attached hydrogens (tertiary/aromatic N) is 4. The van der Waals surface area contributed by atoms with Gasteiger partial charge in [-0.2, -0.15) is 5.10 Å². The van der Waals surface area contributed by atoms with Gasteiger partial charge in [0.1, 0.15) is 11.3 Å². The lowest BCUT2D eigenvalue weighted by Crippen LogP contribution is -2.08. The summed E-state index contributed by atoms with van der Waals surface area (Å²) in [7, 11) is 1.95. The molecule has 112 valence electrons. The number of alkyl halides is 1. The molecule has 21 heavy (non-hydrogen) atoms. The topological polar surface area (TPSA) is 35.6 Å². The van der Waals surface area contributed by atoms with Crippen LogP contribution in [0.2, 0.25) is 4.34 Å². The number of hydrogen-bond acceptors (Lipinski definition) is 3. The van der Waals surface area contributed by atoms with E-state index in [9.17, 15) is 0 Å². The van der Waals surface area contributed by atoms with E-state index in [4.69, 9.17) is 28.2 Å². The summed E-state index contributed by atoms with van der Waals surface area (Å²) in [6.07, 6.45) is 0.856. The van der Waals surface area contributed by atoms with Crippen molar-refractivity contribution < 1.29 is 0 Å². The lowest BCUT2D eigenvalue weighted by molar-refractivity contribution is 0.687. The lowest BCUT2D eigenvalue weighted by Gasteiger charge is -2.09. The molecule has 0 aliphatic carbocycles. The standard InChI is InChI=1S/C14H16Cl2N4S/c1-4-10-12-14(19(3)18-10)20(13(17-12)8(2)15)7-9-5-6-11(16)21-9/h5-6,8H,4,7H2,1-3H3. The van der Waals surface area contributed by atoms with Gasteiger partial charge in [0.05, 0.1) is 22.0 Å². The molecule has 3 rings (SSSR count). The monoisotopic (exact) mass is 342 g/mol. The first-order valence-corrected chi connectivity index (χ1v) is 8.44. The van der Waals surface area contributed by atoms with Gasteiger partial charge < -0.3 is 4.57 Å². The Labute approximate surface area is 137 Å². The minimum atomic E-state index is -0.155. The van der Waals surface area contributed by atoms with E-state index in [1.807, 2.05) is 30.8 Å². The Hall–Kier alpha value is -1.04. The van der Waals surface area contributed by atoms with Gasteiger partial charge in [-0.1, -0.05) is 18.5 Å². The summed E-state index contributed by atoms with van der Waals surface area (Å²) < 4.78 is 4.82. The SMILES string of the molecule is CCc1nn(C)c2c1nc(C(C)Cl)n2Cc1ccc(Cl)s1. The van der Waals surface area contributed by atoms with Crippen LogP contribution in [0.5, 0.6) is 0 Å². The molecule has 3 aromatic heterocycles. The molecule has 3 aromatic rings. The van der Waals surface area contributed by atoms with E-state index in [-0.39, 0.29) is 5.38 Å². The number of hydrogen-bond donors (Lipinski definition) is 0. The Balaban J connectivity index is 2.18. The van der Waals surface area contributed by atoms with Gasteiger partial charge in [0.15, 0.2) is 5.65 Å². The molecule has 0 saturated heterocycles. The van der Waals surface area contributed by atoms with Crippen LogP contribution in [0.3, 0.4) is 0 Å². The maximum absolute atomic E-state index is 6.32. The number of imidazole rings is 1. The van der Waals surface area contributed by atoms with E-state index in [1.54, 1.807) is 11.3 Å². The molecule has 0 aliphatic heterocycles. The average Bonchev–Trinajstić information content (AvgIpc) is 3.07. The van der Waals surface area contributed by atoms with Crippen LogP contribution in [0.15, 0.2) is 12.1 Å². The summed E-state index contributed by atoms with van der Waals surface area (Å²) in [6.45, 7) is 4.74. The molecule has 0 fully saturated rings. The van der Waals surface area contributed by atoms with Crippen LogP contribution >= 0.6 is 34.5 Å². The number of aryl methyl sites for hydroxylation is 2. The van der Waals surface area contributed by atoms with Crippen molar-refractivity contribution in [3.8, 4) is 0 Å². The van der Waals surface area contributed by atoms with Crippen molar-refractivity contribution in [1.29, 1.82) is 0 Å². The summed E-state index contributed by atoms with van der Waals surface area (Å²) in [5, 5.41) is 4.39. The van der Waals surface area contributed by atoms with Crippen molar-refractivity contribution >= 4 is 45.7 Å². The van der Waals surface area contributed by atoms with Crippen LogP contribution < -0.4 is 0 Å². The molecule has 1 atom stereocenters. The predicted octanol–water partition coefficient (Wildman–Crippen LogP) is 4.40. The smallest absolute Gasteiger partial charge is 0.159 e. The highest BCUT2D eigenvalue weighted by Gasteiger charge is 2.21. The van der Waals surface area contributed by atoms with E-state index < -0.39 is 0 Å². The Bertz CT molecular complexity index is 784. The summed E-state index contributed by atoms with van der Waals surface area (Å²) in [6, 6.07) is 3.96. The molecule has 1 unspecified atom stereocenters. The highest BCUT2D eigenvalue weighted by Crippen LogP contribution is 2.29. The highest BCUT2D eigenvalue weighted by atomic mass is 35.5. The zero-order chi connectivity index (χ0) is 15.1. The fourth-order valence-electron chi connectivity index (χ4n) is 2.55. The predicted molar refractivity (Wildman–Crippen MR) is 88.6 cm³/mol.